The molecule has 2 aromatic carbocycles. The Morgan fingerprint density at radius 2 is 1.84 bits per heavy atom. The lowest BCUT2D eigenvalue weighted by Gasteiger charge is -2.10. The molecule has 2 aromatic rings. The molecule has 0 aliphatic carbocycles. The van der Waals surface area contributed by atoms with Crippen molar-refractivity contribution < 1.29 is 14.5 Å². The van der Waals surface area contributed by atoms with E-state index < -0.39 is 10.8 Å². The predicted octanol–water partition coefficient (Wildman–Crippen LogP) is 4.04. The highest BCUT2D eigenvalue weighted by atomic mass is 35.5. The van der Waals surface area contributed by atoms with E-state index >= 15 is 0 Å². The highest BCUT2D eigenvalue weighted by Crippen LogP contribution is 2.27. The molecule has 0 spiro atoms. The minimum atomic E-state index is -0.639. The number of halogens is 2. The summed E-state index contributed by atoms with van der Waals surface area (Å²) in [4.78, 5) is 22.6. The molecular weight excluding hydrogens is 389 g/mol. The third-order valence-electron chi connectivity index (χ3n) is 2.99. The molecule has 0 saturated carbocycles. The van der Waals surface area contributed by atoms with Crippen molar-refractivity contribution in [3.8, 4) is 5.75 Å². The van der Waals surface area contributed by atoms with Crippen LogP contribution < -0.4 is 15.4 Å². The quantitative estimate of drug-likeness (QED) is 0.457. The van der Waals surface area contributed by atoms with Gasteiger partial charge in [0.25, 0.3) is 5.91 Å². The van der Waals surface area contributed by atoms with Crippen molar-refractivity contribution in [3.63, 3.8) is 0 Å². The Balaban J connectivity index is 2.12. The lowest BCUT2D eigenvalue weighted by molar-refractivity contribution is -0.385. The van der Waals surface area contributed by atoms with E-state index in [1.165, 1.54) is 19.2 Å². The van der Waals surface area contributed by atoms with Crippen LogP contribution in [0.25, 0.3) is 0 Å². The zero-order chi connectivity index (χ0) is 18.6. The number of anilines is 1. The molecule has 0 fully saturated rings. The minimum Gasteiger partial charge on any atom is -0.490 e. The summed E-state index contributed by atoms with van der Waals surface area (Å²) in [6.45, 7) is 0. The molecule has 0 unspecified atom stereocenters. The van der Waals surface area contributed by atoms with Gasteiger partial charge in [0.1, 0.15) is 0 Å². The van der Waals surface area contributed by atoms with Gasteiger partial charge < -0.3 is 10.1 Å². The SMILES string of the molecule is COc1ccc(C(=O)NC(=S)Nc2cc(Cl)cc(Cl)c2)cc1[N+](=O)[O-]. The van der Waals surface area contributed by atoms with Gasteiger partial charge in [-0.1, -0.05) is 23.2 Å². The number of thiocarbonyl (C=S) groups is 1. The van der Waals surface area contributed by atoms with Crippen LogP contribution in [-0.2, 0) is 0 Å². The van der Waals surface area contributed by atoms with Crippen molar-refractivity contribution in [2.45, 2.75) is 0 Å². The summed E-state index contributed by atoms with van der Waals surface area (Å²) in [6, 6.07) is 8.52. The minimum absolute atomic E-state index is 0.0122. The Morgan fingerprint density at radius 1 is 1.20 bits per heavy atom. The second-order valence-electron chi connectivity index (χ2n) is 4.71. The first-order valence-corrected chi connectivity index (χ1v) is 7.87. The summed E-state index contributed by atoms with van der Waals surface area (Å²) in [5.74, 6) is -0.563. The Bertz CT molecular complexity index is 840. The number of hydrogen-bond donors (Lipinski definition) is 2. The molecule has 0 aliphatic heterocycles. The van der Waals surface area contributed by atoms with Gasteiger partial charge in [-0.3, -0.25) is 20.2 Å². The molecule has 25 heavy (non-hydrogen) atoms. The van der Waals surface area contributed by atoms with Crippen LogP contribution in [0.1, 0.15) is 10.4 Å². The second-order valence-corrected chi connectivity index (χ2v) is 5.99. The molecule has 1 amide bonds. The number of ether oxygens (including phenoxy) is 1. The Kier molecular flexibility index (Phi) is 6.13. The number of hydrogen-bond acceptors (Lipinski definition) is 5. The smallest absolute Gasteiger partial charge is 0.311 e. The van der Waals surface area contributed by atoms with E-state index in [-0.39, 0.29) is 22.1 Å². The van der Waals surface area contributed by atoms with Crippen LogP contribution in [0.2, 0.25) is 10.0 Å². The summed E-state index contributed by atoms with van der Waals surface area (Å²) in [7, 11) is 1.30. The van der Waals surface area contributed by atoms with E-state index in [1.54, 1.807) is 18.2 Å². The Labute approximate surface area is 158 Å². The van der Waals surface area contributed by atoms with Gasteiger partial charge >= 0.3 is 5.69 Å². The van der Waals surface area contributed by atoms with Crippen LogP contribution in [0.5, 0.6) is 5.75 Å². The summed E-state index contributed by atoms with van der Waals surface area (Å²) in [5, 5.41) is 17.0. The van der Waals surface area contributed by atoms with Crippen LogP contribution in [0.4, 0.5) is 11.4 Å². The molecule has 7 nitrogen and oxygen atoms in total. The fourth-order valence-electron chi connectivity index (χ4n) is 1.94. The third kappa shape index (κ3) is 5.02. The average Bonchev–Trinajstić information content (AvgIpc) is 2.52. The standard InChI is InChI=1S/C15H11Cl2N3O4S/c1-24-13-3-2-8(4-12(13)20(22)23)14(21)19-15(25)18-11-6-9(16)5-10(17)7-11/h2-7H,1H3,(H2,18,19,21,25). The number of nitro groups is 1. The van der Waals surface area contributed by atoms with E-state index in [0.717, 1.165) is 6.07 Å². The number of rotatable bonds is 4. The van der Waals surface area contributed by atoms with E-state index in [4.69, 9.17) is 40.2 Å². The molecule has 0 radical (unpaired) electrons. The molecule has 0 atom stereocenters. The first kappa shape index (κ1) is 18.9. The van der Waals surface area contributed by atoms with Crippen molar-refractivity contribution >= 4 is 57.8 Å². The van der Waals surface area contributed by atoms with Crippen molar-refractivity contribution in [1.82, 2.24) is 5.32 Å². The second kappa shape index (κ2) is 8.11. The topological polar surface area (TPSA) is 93.5 Å². The van der Waals surface area contributed by atoms with Crippen molar-refractivity contribution in [3.05, 3.63) is 62.1 Å². The van der Waals surface area contributed by atoms with Crippen LogP contribution in [0.15, 0.2) is 36.4 Å². The number of methoxy groups -OCH3 is 1. The summed E-state index contributed by atoms with van der Waals surface area (Å²) in [6.07, 6.45) is 0. The molecule has 0 bridgehead atoms. The summed E-state index contributed by atoms with van der Waals surface area (Å²) in [5.41, 5.74) is 0.222. The highest BCUT2D eigenvalue weighted by molar-refractivity contribution is 7.80. The molecule has 0 heterocycles. The average molecular weight is 400 g/mol. The number of amides is 1. The van der Waals surface area contributed by atoms with Gasteiger partial charge in [0, 0.05) is 27.4 Å². The van der Waals surface area contributed by atoms with Gasteiger partial charge in [0.05, 0.1) is 12.0 Å². The molecule has 0 saturated heterocycles. The number of nitrogens with one attached hydrogen (secondary N) is 2. The maximum absolute atomic E-state index is 12.2. The Hall–Kier alpha value is -2.42. The number of carbonyl (C=O) groups excluding carboxylic acids is 1. The van der Waals surface area contributed by atoms with E-state index in [9.17, 15) is 14.9 Å². The normalized spacial score (nSPS) is 10.0. The van der Waals surface area contributed by atoms with Crippen LogP contribution in [0.3, 0.4) is 0 Å². The van der Waals surface area contributed by atoms with E-state index in [0.29, 0.717) is 15.7 Å². The van der Waals surface area contributed by atoms with Gasteiger partial charge in [-0.2, -0.15) is 0 Å². The van der Waals surface area contributed by atoms with E-state index in [2.05, 4.69) is 10.6 Å². The fraction of sp³-hybridized carbons (Fsp3) is 0.0667. The fourth-order valence-corrected chi connectivity index (χ4v) is 2.67. The number of nitro benzene ring substituents is 1. The maximum atomic E-state index is 12.2. The molecular formula is C15H11Cl2N3O4S. The van der Waals surface area contributed by atoms with Crippen molar-refractivity contribution in [2.75, 3.05) is 12.4 Å². The van der Waals surface area contributed by atoms with Crippen molar-refractivity contribution in [2.24, 2.45) is 0 Å². The van der Waals surface area contributed by atoms with Crippen LogP contribution in [0, 0.1) is 10.1 Å². The zero-order valence-corrected chi connectivity index (χ0v) is 15.0. The molecule has 0 aliphatic rings. The highest BCUT2D eigenvalue weighted by Gasteiger charge is 2.18. The van der Waals surface area contributed by atoms with E-state index in [1.807, 2.05) is 0 Å². The predicted molar refractivity (Wildman–Crippen MR) is 99.8 cm³/mol. The van der Waals surface area contributed by atoms with Crippen LogP contribution in [-0.4, -0.2) is 23.1 Å². The zero-order valence-electron chi connectivity index (χ0n) is 12.7. The van der Waals surface area contributed by atoms with Gasteiger partial charge in [-0.15, -0.1) is 0 Å². The van der Waals surface area contributed by atoms with Crippen molar-refractivity contribution in [1.29, 1.82) is 0 Å². The molecule has 2 rings (SSSR count). The monoisotopic (exact) mass is 399 g/mol. The largest absolute Gasteiger partial charge is 0.490 e. The van der Waals surface area contributed by atoms with Gasteiger partial charge in [-0.05, 0) is 42.5 Å². The van der Waals surface area contributed by atoms with Gasteiger partial charge in [0.2, 0.25) is 0 Å². The third-order valence-corrected chi connectivity index (χ3v) is 3.63. The number of benzene rings is 2. The lowest BCUT2D eigenvalue weighted by Crippen LogP contribution is -2.34. The summed E-state index contributed by atoms with van der Waals surface area (Å²) >= 11 is 16.8. The molecule has 0 aromatic heterocycles. The van der Waals surface area contributed by atoms with Gasteiger partial charge in [0.15, 0.2) is 10.9 Å². The molecule has 130 valence electrons. The molecule has 2 N–H and O–H groups in total. The van der Waals surface area contributed by atoms with Gasteiger partial charge in [-0.25, -0.2) is 0 Å². The number of nitrogens with zero attached hydrogens (tertiary/aromatic N) is 1. The lowest BCUT2D eigenvalue weighted by atomic mass is 10.2. The number of carbonyl (C=O) groups is 1. The maximum Gasteiger partial charge on any atom is 0.311 e. The first-order chi connectivity index (χ1) is 11.8. The summed E-state index contributed by atoms with van der Waals surface area (Å²) < 4.78 is 4.89. The van der Waals surface area contributed by atoms with Crippen LogP contribution >= 0.6 is 35.4 Å². The molecule has 10 heteroatoms. The first-order valence-electron chi connectivity index (χ1n) is 6.71. The Morgan fingerprint density at radius 3 is 2.40 bits per heavy atom.